The van der Waals surface area contributed by atoms with Gasteiger partial charge < -0.3 is 9.15 Å². The van der Waals surface area contributed by atoms with Crippen LogP contribution in [0.2, 0.25) is 0 Å². The highest BCUT2D eigenvalue weighted by Crippen LogP contribution is 2.18. The van der Waals surface area contributed by atoms with E-state index in [1.54, 1.807) is 18.2 Å². The van der Waals surface area contributed by atoms with Crippen molar-refractivity contribution < 1.29 is 23.1 Å². The number of carbonyl (C=O) groups excluding carboxylic acids is 2. The summed E-state index contributed by atoms with van der Waals surface area (Å²) >= 11 is 0. The number of anilines is 1. The molecule has 1 heterocycles. The molecule has 0 aliphatic heterocycles. The molecule has 3 rings (SSSR count). The second kappa shape index (κ2) is 8.02. The Kier molecular flexibility index (Phi) is 5.33. The summed E-state index contributed by atoms with van der Waals surface area (Å²) in [7, 11) is 0. The van der Waals surface area contributed by atoms with Crippen LogP contribution in [0.4, 0.5) is 10.4 Å². The first-order valence-corrected chi connectivity index (χ1v) is 7.69. The molecule has 0 spiro atoms. The van der Waals surface area contributed by atoms with Crippen LogP contribution in [0, 0.1) is 5.82 Å². The predicted molar refractivity (Wildman–Crippen MR) is 89.4 cm³/mol. The number of halogens is 1. The maximum atomic E-state index is 13.1. The third kappa shape index (κ3) is 4.73. The average molecular weight is 355 g/mol. The molecule has 0 fully saturated rings. The van der Waals surface area contributed by atoms with Crippen molar-refractivity contribution in [2.24, 2.45) is 0 Å². The van der Waals surface area contributed by atoms with Gasteiger partial charge in [-0.15, -0.1) is 5.10 Å². The predicted octanol–water partition coefficient (Wildman–Crippen LogP) is 2.60. The van der Waals surface area contributed by atoms with Gasteiger partial charge in [-0.1, -0.05) is 35.4 Å². The molecule has 0 saturated heterocycles. The Hall–Kier alpha value is -3.55. The minimum Gasteiger partial charge on any atom is -0.455 e. The largest absolute Gasteiger partial charge is 0.455 e. The molecule has 1 amide bonds. The number of hydrogen-bond acceptors (Lipinski definition) is 6. The highest BCUT2D eigenvalue weighted by Gasteiger charge is 2.13. The fourth-order valence-electron chi connectivity index (χ4n) is 2.14. The summed E-state index contributed by atoms with van der Waals surface area (Å²) in [6.07, 6.45) is -0.135. The van der Waals surface area contributed by atoms with E-state index < -0.39 is 24.3 Å². The molecule has 132 valence electrons. The van der Waals surface area contributed by atoms with Crippen LogP contribution >= 0.6 is 0 Å². The second-order valence-electron chi connectivity index (χ2n) is 5.29. The first-order valence-electron chi connectivity index (χ1n) is 7.69. The van der Waals surface area contributed by atoms with E-state index >= 15 is 0 Å². The molecule has 0 unspecified atom stereocenters. The molecule has 0 aliphatic rings. The molecule has 0 bridgehead atoms. The van der Waals surface area contributed by atoms with Gasteiger partial charge in [-0.2, -0.15) is 0 Å². The average Bonchev–Trinajstić information content (AvgIpc) is 3.09. The lowest BCUT2D eigenvalue weighted by atomic mass is 10.1. The second-order valence-corrected chi connectivity index (χ2v) is 5.29. The Bertz CT molecular complexity index is 912. The van der Waals surface area contributed by atoms with E-state index in [1.165, 1.54) is 18.2 Å². The molecular weight excluding hydrogens is 341 g/mol. The van der Waals surface area contributed by atoms with E-state index in [4.69, 9.17) is 9.15 Å². The van der Waals surface area contributed by atoms with Gasteiger partial charge in [-0.05, 0) is 29.8 Å². The van der Waals surface area contributed by atoms with Crippen molar-refractivity contribution in [1.82, 2.24) is 10.2 Å². The fraction of sp³-hybridized carbons (Fsp3) is 0.111. The lowest BCUT2D eigenvalue weighted by Gasteiger charge is -2.04. The Labute approximate surface area is 147 Å². The van der Waals surface area contributed by atoms with E-state index in [2.05, 4.69) is 15.5 Å². The van der Waals surface area contributed by atoms with Gasteiger partial charge in [-0.25, -0.2) is 4.39 Å². The van der Waals surface area contributed by atoms with Gasteiger partial charge in [0.25, 0.3) is 5.91 Å². The molecule has 7 nitrogen and oxygen atoms in total. The van der Waals surface area contributed by atoms with E-state index in [1.807, 2.05) is 18.2 Å². The third-order valence-corrected chi connectivity index (χ3v) is 3.29. The van der Waals surface area contributed by atoms with Gasteiger partial charge in [-0.3, -0.25) is 14.9 Å². The Morgan fingerprint density at radius 1 is 1.08 bits per heavy atom. The highest BCUT2D eigenvalue weighted by molar-refractivity contribution is 5.91. The number of hydrogen-bond donors (Lipinski definition) is 1. The topological polar surface area (TPSA) is 94.3 Å². The number of rotatable bonds is 6. The van der Waals surface area contributed by atoms with E-state index in [-0.39, 0.29) is 18.3 Å². The van der Waals surface area contributed by atoms with Gasteiger partial charge in [0.15, 0.2) is 6.61 Å². The van der Waals surface area contributed by atoms with E-state index in [0.717, 1.165) is 0 Å². The molecular formula is C18H14FN3O4. The summed E-state index contributed by atoms with van der Waals surface area (Å²) in [6, 6.07) is 14.5. The van der Waals surface area contributed by atoms with E-state index in [9.17, 15) is 14.0 Å². The molecule has 1 N–H and O–H groups in total. The molecule has 26 heavy (non-hydrogen) atoms. The maximum absolute atomic E-state index is 13.1. The minimum absolute atomic E-state index is 0.102. The molecule has 0 radical (unpaired) electrons. The number of benzene rings is 2. The lowest BCUT2D eigenvalue weighted by molar-refractivity contribution is -0.146. The summed E-state index contributed by atoms with van der Waals surface area (Å²) in [6.45, 7) is -0.517. The fourth-order valence-corrected chi connectivity index (χ4v) is 2.14. The zero-order valence-corrected chi connectivity index (χ0v) is 13.5. The zero-order valence-electron chi connectivity index (χ0n) is 13.5. The standard InChI is InChI=1S/C18H14FN3O4/c19-14-8-4-5-12(9-14)10-16(24)25-11-15(23)20-18-22-21-17(26-18)13-6-2-1-3-7-13/h1-9H,10-11H2,(H,20,22,23). The number of aromatic nitrogens is 2. The Balaban J connectivity index is 1.48. The van der Waals surface area contributed by atoms with Crippen LogP contribution in [0.3, 0.4) is 0 Å². The summed E-state index contributed by atoms with van der Waals surface area (Å²) in [4.78, 5) is 23.5. The van der Waals surface area contributed by atoms with Crippen molar-refractivity contribution in [2.45, 2.75) is 6.42 Å². The highest BCUT2D eigenvalue weighted by atomic mass is 19.1. The number of esters is 1. The zero-order chi connectivity index (χ0) is 18.4. The van der Waals surface area contributed by atoms with Crippen LogP contribution in [0.1, 0.15) is 5.56 Å². The monoisotopic (exact) mass is 355 g/mol. The van der Waals surface area contributed by atoms with Gasteiger partial charge in [0.05, 0.1) is 6.42 Å². The molecule has 1 aromatic heterocycles. The molecule has 3 aromatic rings. The van der Waals surface area contributed by atoms with Gasteiger partial charge in [0.2, 0.25) is 5.89 Å². The molecule has 0 atom stereocenters. The third-order valence-electron chi connectivity index (χ3n) is 3.29. The van der Waals surface area contributed by atoms with Crippen molar-refractivity contribution in [3.63, 3.8) is 0 Å². The summed E-state index contributed by atoms with van der Waals surface area (Å²) in [5.74, 6) is -1.47. The molecule has 2 aromatic carbocycles. The normalized spacial score (nSPS) is 10.3. The van der Waals surface area contributed by atoms with E-state index in [0.29, 0.717) is 11.1 Å². The maximum Gasteiger partial charge on any atom is 0.322 e. The summed E-state index contributed by atoms with van der Waals surface area (Å²) < 4.78 is 23.2. The van der Waals surface area contributed by atoms with Crippen LogP contribution < -0.4 is 5.32 Å². The molecule has 8 heteroatoms. The van der Waals surface area contributed by atoms with Crippen molar-refractivity contribution in [2.75, 3.05) is 11.9 Å². The first-order chi connectivity index (χ1) is 12.6. The minimum atomic E-state index is -0.652. The van der Waals surface area contributed by atoms with Gasteiger partial charge >= 0.3 is 12.0 Å². The lowest BCUT2D eigenvalue weighted by Crippen LogP contribution is -2.21. The van der Waals surface area contributed by atoms with Crippen LogP contribution in [0.15, 0.2) is 59.0 Å². The smallest absolute Gasteiger partial charge is 0.322 e. The number of carbonyl (C=O) groups is 2. The van der Waals surface area contributed by atoms with Crippen LogP contribution in [-0.2, 0) is 20.7 Å². The quantitative estimate of drug-likeness (QED) is 0.683. The van der Waals surface area contributed by atoms with Crippen LogP contribution in [-0.4, -0.2) is 28.7 Å². The van der Waals surface area contributed by atoms with Gasteiger partial charge in [0, 0.05) is 5.56 Å². The SMILES string of the molecule is O=C(COC(=O)Cc1cccc(F)c1)Nc1nnc(-c2ccccc2)o1. The Morgan fingerprint density at radius 2 is 1.88 bits per heavy atom. The van der Waals surface area contributed by atoms with Crippen molar-refractivity contribution >= 4 is 17.9 Å². The number of nitrogens with one attached hydrogen (secondary N) is 1. The number of ether oxygens (including phenoxy) is 1. The van der Waals surface area contributed by atoms with Crippen LogP contribution in [0.5, 0.6) is 0 Å². The Morgan fingerprint density at radius 3 is 2.65 bits per heavy atom. The first kappa shape index (κ1) is 17.3. The van der Waals surface area contributed by atoms with Crippen LogP contribution in [0.25, 0.3) is 11.5 Å². The van der Waals surface area contributed by atoms with Crippen molar-refractivity contribution in [3.05, 3.63) is 66.0 Å². The van der Waals surface area contributed by atoms with Crippen molar-refractivity contribution in [3.8, 4) is 11.5 Å². The van der Waals surface area contributed by atoms with Crippen molar-refractivity contribution in [1.29, 1.82) is 0 Å². The summed E-state index contributed by atoms with van der Waals surface area (Å²) in [5.41, 5.74) is 1.17. The number of amides is 1. The van der Waals surface area contributed by atoms with Gasteiger partial charge in [0.1, 0.15) is 5.82 Å². The number of nitrogens with zero attached hydrogens (tertiary/aromatic N) is 2. The molecule has 0 saturated carbocycles. The molecule has 0 aliphatic carbocycles. The summed E-state index contributed by atoms with van der Waals surface area (Å²) in [5, 5.41) is 9.87.